The van der Waals surface area contributed by atoms with E-state index in [1.807, 2.05) is 6.92 Å². The summed E-state index contributed by atoms with van der Waals surface area (Å²) in [6.45, 7) is 2.25. The van der Waals surface area contributed by atoms with Crippen molar-refractivity contribution in [1.82, 2.24) is 4.90 Å². The fraction of sp³-hybridized carbons (Fsp3) is 0.222. The minimum absolute atomic E-state index is 0.162. The van der Waals surface area contributed by atoms with Crippen molar-refractivity contribution >= 4 is 23.5 Å². The van der Waals surface area contributed by atoms with Gasteiger partial charge in [-0.15, -0.1) is 0 Å². The molecule has 1 amide bonds. The van der Waals surface area contributed by atoms with Crippen LogP contribution >= 0.6 is 11.6 Å². The van der Waals surface area contributed by atoms with Gasteiger partial charge in [-0.1, -0.05) is 48.0 Å². The van der Waals surface area contributed by atoms with Gasteiger partial charge in [0.15, 0.2) is 0 Å². The lowest BCUT2D eigenvalue weighted by molar-refractivity contribution is -0.140. The smallest absolute Gasteiger partial charge is 0.313 e. The fourth-order valence-electron chi connectivity index (χ4n) is 3.26. The Morgan fingerprint density at radius 3 is 2.35 bits per heavy atom. The molecule has 5 heteroatoms. The lowest BCUT2D eigenvalue weighted by Crippen LogP contribution is -2.44. The number of fused-ring (bicyclic) bond motifs is 1. The molecule has 2 aromatic rings. The fourth-order valence-corrected chi connectivity index (χ4v) is 3.51. The summed E-state index contributed by atoms with van der Waals surface area (Å²) in [6.07, 6.45) is 0. The van der Waals surface area contributed by atoms with Crippen LogP contribution in [0.4, 0.5) is 0 Å². The van der Waals surface area contributed by atoms with Crippen LogP contribution < -0.4 is 0 Å². The van der Waals surface area contributed by atoms with Crippen LogP contribution in [0.5, 0.6) is 0 Å². The summed E-state index contributed by atoms with van der Waals surface area (Å²) in [5, 5.41) is 10.3. The minimum Gasteiger partial charge on any atom is -0.481 e. The van der Waals surface area contributed by atoms with Gasteiger partial charge >= 0.3 is 5.97 Å². The highest BCUT2D eigenvalue weighted by atomic mass is 35.5. The van der Waals surface area contributed by atoms with E-state index in [4.69, 9.17) is 11.6 Å². The summed E-state index contributed by atoms with van der Waals surface area (Å²) in [4.78, 5) is 26.4. The van der Waals surface area contributed by atoms with Crippen molar-refractivity contribution in [2.24, 2.45) is 0 Å². The Morgan fingerprint density at radius 2 is 1.74 bits per heavy atom. The molecular formula is C18H16ClNO3. The van der Waals surface area contributed by atoms with Crippen LogP contribution in [0.1, 0.15) is 40.4 Å². The monoisotopic (exact) mass is 329 g/mol. The van der Waals surface area contributed by atoms with Crippen molar-refractivity contribution in [1.29, 1.82) is 0 Å². The SMILES string of the molecule is CCN1C(=O)c2ccccc2C(C(=O)O)C1c1ccccc1Cl. The van der Waals surface area contributed by atoms with Crippen molar-refractivity contribution in [2.75, 3.05) is 6.54 Å². The Bertz CT molecular complexity index is 774. The highest BCUT2D eigenvalue weighted by Crippen LogP contribution is 2.44. The molecule has 23 heavy (non-hydrogen) atoms. The third-order valence-corrected chi connectivity index (χ3v) is 4.61. The molecule has 2 atom stereocenters. The van der Waals surface area contributed by atoms with E-state index < -0.39 is 17.9 Å². The van der Waals surface area contributed by atoms with Gasteiger partial charge < -0.3 is 10.0 Å². The van der Waals surface area contributed by atoms with Crippen molar-refractivity contribution in [3.8, 4) is 0 Å². The second-order valence-electron chi connectivity index (χ2n) is 5.46. The van der Waals surface area contributed by atoms with Crippen LogP contribution in [0.15, 0.2) is 48.5 Å². The van der Waals surface area contributed by atoms with Gasteiger partial charge in [0.2, 0.25) is 0 Å². The van der Waals surface area contributed by atoms with E-state index in [0.717, 1.165) is 0 Å². The number of likely N-dealkylation sites (N-methyl/N-ethyl adjacent to an activating group) is 1. The van der Waals surface area contributed by atoms with Crippen LogP contribution in [0.2, 0.25) is 5.02 Å². The van der Waals surface area contributed by atoms with Gasteiger partial charge in [0, 0.05) is 17.1 Å². The van der Waals surface area contributed by atoms with E-state index in [1.165, 1.54) is 0 Å². The summed E-state index contributed by atoms with van der Waals surface area (Å²) >= 11 is 6.29. The first-order chi connectivity index (χ1) is 11.1. The summed E-state index contributed by atoms with van der Waals surface area (Å²) < 4.78 is 0. The topological polar surface area (TPSA) is 57.6 Å². The maximum atomic E-state index is 12.8. The normalized spacial score (nSPS) is 20.3. The van der Waals surface area contributed by atoms with Gasteiger partial charge in [-0.25, -0.2) is 0 Å². The molecule has 1 aliphatic heterocycles. The Kier molecular flexibility index (Phi) is 4.09. The van der Waals surface area contributed by atoms with E-state index in [2.05, 4.69) is 0 Å². The lowest BCUT2D eigenvalue weighted by Gasteiger charge is -2.40. The zero-order valence-electron chi connectivity index (χ0n) is 12.6. The van der Waals surface area contributed by atoms with Gasteiger partial charge in [-0.05, 0) is 30.2 Å². The van der Waals surface area contributed by atoms with Gasteiger partial charge in [0.1, 0.15) is 5.92 Å². The number of amides is 1. The molecule has 0 aromatic heterocycles. The molecule has 1 heterocycles. The molecule has 1 aliphatic rings. The number of carboxylic acid groups (broad SMARTS) is 1. The zero-order valence-corrected chi connectivity index (χ0v) is 13.3. The van der Waals surface area contributed by atoms with Crippen molar-refractivity contribution in [3.05, 3.63) is 70.2 Å². The molecule has 0 radical (unpaired) electrons. The van der Waals surface area contributed by atoms with Crippen LogP contribution in [0, 0.1) is 0 Å². The Morgan fingerprint density at radius 1 is 1.13 bits per heavy atom. The summed E-state index contributed by atoms with van der Waals surface area (Å²) in [7, 11) is 0. The van der Waals surface area contributed by atoms with Crippen molar-refractivity contribution in [2.45, 2.75) is 18.9 Å². The number of aliphatic carboxylic acids is 1. The standard InChI is InChI=1S/C18H16ClNO3/c1-2-20-16(13-9-5-6-10-14(13)19)15(18(22)23)11-7-3-4-8-12(11)17(20)21/h3-10,15-16H,2H2,1H3,(H,22,23). The largest absolute Gasteiger partial charge is 0.481 e. The van der Waals surface area contributed by atoms with Gasteiger partial charge in [-0.3, -0.25) is 9.59 Å². The number of hydrogen-bond donors (Lipinski definition) is 1. The van der Waals surface area contributed by atoms with Crippen molar-refractivity contribution in [3.63, 3.8) is 0 Å². The summed E-state index contributed by atoms with van der Waals surface area (Å²) in [5.74, 6) is -1.97. The molecule has 2 unspecified atom stereocenters. The van der Waals surface area contributed by atoms with Gasteiger partial charge in [0.25, 0.3) is 5.91 Å². The molecule has 2 aromatic carbocycles. The number of nitrogens with zero attached hydrogens (tertiary/aromatic N) is 1. The number of rotatable bonds is 3. The summed E-state index contributed by atoms with van der Waals surface area (Å²) in [6, 6.07) is 13.4. The maximum Gasteiger partial charge on any atom is 0.313 e. The Balaban J connectivity index is 2.26. The van der Waals surface area contributed by atoms with Crippen LogP contribution in [-0.2, 0) is 4.79 Å². The number of halogens is 1. The number of carboxylic acids is 1. The second-order valence-corrected chi connectivity index (χ2v) is 5.87. The number of hydrogen-bond acceptors (Lipinski definition) is 2. The quantitative estimate of drug-likeness (QED) is 0.933. The first-order valence-corrected chi connectivity index (χ1v) is 7.81. The third kappa shape index (κ3) is 2.49. The molecule has 0 saturated heterocycles. The average Bonchev–Trinajstić information content (AvgIpc) is 2.55. The van der Waals surface area contributed by atoms with Gasteiger partial charge in [0.05, 0.1) is 6.04 Å². The maximum absolute atomic E-state index is 12.8. The molecular weight excluding hydrogens is 314 g/mol. The Hall–Kier alpha value is -2.33. The van der Waals surface area contributed by atoms with Crippen LogP contribution in [0.3, 0.4) is 0 Å². The van der Waals surface area contributed by atoms with E-state index >= 15 is 0 Å². The molecule has 3 rings (SSSR count). The molecule has 1 N–H and O–H groups in total. The minimum atomic E-state index is -0.965. The zero-order chi connectivity index (χ0) is 16.6. The predicted molar refractivity (Wildman–Crippen MR) is 87.7 cm³/mol. The first-order valence-electron chi connectivity index (χ1n) is 7.43. The molecule has 0 saturated carbocycles. The first kappa shape index (κ1) is 15.6. The average molecular weight is 330 g/mol. The van der Waals surface area contributed by atoms with E-state index in [9.17, 15) is 14.7 Å². The molecule has 0 spiro atoms. The van der Waals surface area contributed by atoms with E-state index in [1.54, 1.807) is 53.4 Å². The number of carbonyl (C=O) groups is 2. The molecule has 118 valence electrons. The van der Waals surface area contributed by atoms with E-state index in [-0.39, 0.29) is 5.91 Å². The number of carbonyl (C=O) groups excluding carboxylic acids is 1. The van der Waals surface area contributed by atoms with Crippen LogP contribution in [-0.4, -0.2) is 28.4 Å². The second kappa shape index (κ2) is 6.05. The van der Waals surface area contributed by atoms with Gasteiger partial charge in [-0.2, -0.15) is 0 Å². The predicted octanol–water partition coefficient (Wildman–Crippen LogP) is 3.73. The highest BCUT2D eigenvalue weighted by molar-refractivity contribution is 6.31. The molecule has 0 fully saturated rings. The molecule has 0 bridgehead atoms. The summed E-state index contributed by atoms with van der Waals surface area (Å²) in [5.41, 5.74) is 1.65. The highest BCUT2D eigenvalue weighted by Gasteiger charge is 2.44. The Labute approximate surface area is 139 Å². The third-order valence-electron chi connectivity index (χ3n) is 4.27. The number of benzene rings is 2. The molecule has 4 nitrogen and oxygen atoms in total. The van der Waals surface area contributed by atoms with Crippen LogP contribution in [0.25, 0.3) is 0 Å². The lowest BCUT2D eigenvalue weighted by atomic mass is 9.80. The van der Waals surface area contributed by atoms with E-state index in [0.29, 0.717) is 28.3 Å². The molecule has 0 aliphatic carbocycles. The van der Waals surface area contributed by atoms with Crippen molar-refractivity contribution < 1.29 is 14.7 Å².